The first-order valence-electron chi connectivity index (χ1n) is 8.28. The minimum atomic E-state index is 0.355. The van der Waals surface area contributed by atoms with E-state index in [4.69, 9.17) is 0 Å². The van der Waals surface area contributed by atoms with Crippen LogP contribution in [0.4, 0.5) is 0 Å². The molecule has 0 aromatic carbocycles. The predicted octanol–water partition coefficient (Wildman–Crippen LogP) is 2.55. The van der Waals surface area contributed by atoms with Crippen LogP contribution in [0.5, 0.6) is 0 Å². The minimum absolute atomic E-state index is 0.355. The Morgan fingerprint density at radius 1 is 1.24 bits per heavy atom. The molecule has 21 heavy (non-hydrogen) atoms. The third-order valence-electron chi connectivity index (χ3n) is 4.35. The van der Waals surface area contributed by atoms with Crippen LogP contribution in [0.2, 0.25) is 0 Å². The van der Waals surface area contributed by atoms with E-state index in [0.717, 1.165) is 25.3 Å². The highest BCUT2D eigenvalue weighted by Gasteiger charge is 2.25. The van der Waals surface area contributed by atoms with Crippen molar-refractivity contribution in [3.05, 3.63) is 17.5 Å². The van der Waals surface area contributed by atoms with Gasteiger partial charge in [0.2, 0.25) is 0 Å². The van der Waals surface area contributed by atoms with E-state index in [1.165, 1.54) is 38.2 Å². The highest BCUT2D eigenvalue weighted by Crippen LogP contribution is 2.21. The predicted molar refractivity (Wildman–Crippen MR) is 88.7 cm³/mol. The molecule has 0 bridgehead atoms. The van der Waals surface area contributed by atoms with Crippen molar-refractivity contribution < 1.29 is 0 Å². The van der Waals surface area contributed by atoms with Gasteiger partial charge in [-0.15, -0.1) is 0 Å². The van der Waals surface area contributed by atoms with Gasteiger partial charge in [-0.05, 0) is 58.3 Å². The van der Waals surface area contributed by atoms with Crippen molar-refractivity contribution >= 4 is 0 Å². The molecule has 1 fully saturated rings. The van der Waals surface area contributed by atoms with Crippen molar-refractivity contribution in [1.82, 2.24) is 19.6 Å². The lowest BCUT2D eigenvalue weighted by Gasteiger charge is -2.34. The zero-order chi connectivity index (χ0) is 15.5. The van der Waals surface area contributed by atoms with Gasteiger partial charge in [-0.25, -0.2) is 0 Å². The van der Waals surface area contributed by atoms with Gasteiger partial charge in [0.15, 0.2) is 0 Å². The molecule has 0 aliphatic carbocycles. The fraction of sp³-hybridized carbons (Fsp3) is 0.824. The highest BCUT2D eigenvalue weighted by molar-refractivity contribution is 5.06. The van der Waals surface area contributed by atoms with Crippen LogP contribution < -0.4 is 0 Å². The van der Waals surface area contributed by atoms with Crippen molar-refractivity contribution in [1.29, 1.82) is 0 Å². The molecule has 1 saturated heterocycles. The quantitative estimate of drug-likeness (QED) is 0.772. The molecule has 4 heteroatoms. The maximum absolute atomic E-state index is 4.54. The first kappa shape index (κ1) is 16.5. The molecule has 0 unspecified atom stereocenters. The summed E-state index contributed by atoms with van der Waals surface area (Å²) in [6, 6.07) is 2.15. The number of rotatable bonds is 7. The molecule has 0 amide bonds. The Bertz CT molecular complexity index is 444. The van der Waals surface area contributed by atoms with Crippen LogP contribution in [0.15, 0.2) is 6.07 Å². The number of likely N-dealkylation sites (N-methyl/N-ethyl adjacent to an activating group) is 1. The Morgan fingerprint density at radius 3 is 2.48 bits per heavy atom. The Morgan fingerprint density at radius 2 is 1.90 bits per heavy atom. The summed E-state index contributed by atoms with van der Waals surface area (Å²) in [4.78, 5) is 5.07. The number of hydrogen-bond acceptors (Lipinski definition) is 3. The summed E-state index contributed by atoms with van der Waals surface area (Å²) in [5.74, 6) is 0. The fourth-order valence-corrected chi connectivity index (χ4v) is 3.57. The summed E-state index contributed by atoms with van der Waals surface area (Å²) in [6.45, 7) is 16.0. The SMILES string of the molecule is Cc1cc(C)n(CCN(C)CC(C)(C)CN2CCCC2)n1. The average Bonchev–Trinajstić information content (AvgIpc) is 2.95. The number of aryl methyl sites for hydroxylation is 2. The van der Waals surface area contributed by atoms with Crippen LogP contribution in [0.1, 0.15) is 38.1 Å². The molecule has 0 spiro atoms. The van der Waals surface area contributed by atoms with Crippen LogP contribution in [-0.4, -0.2) is 59.4 Å². The molecule has 2 heterocycles. The average molecular weight is 292 g/mol. The van der Waals surface area contributed by atoms with E-state index in [1.807, 2.05) is 0 Å². The first-order valence-corrected chi connectivity index (χ1v) is 8.28. The maximum Gasteiger partial charge on any atom is 0.0596 e. The van der Waals surface area contributed by atoms with Gasteiger partial charge < -0.3 is 9.80 Å². The molecule has 0 N–H and O–H groups in total. The molecule has 120 valence electrons. The summed E-state index contributed by atoms with van der Waals surface area (Å²) in [5.41, 5.74) is 2.73. The minimum Gasteiger partial charge on any atom is -0.304 e. The van der Waals surface area contributed by atoms with E-state index in [9.17, 15) is 0 Å². The van der Waals surface area contributed by atoms with Crippen molar-refractivity contribution in [2.24, 2.45) is 5.41 Å². The second-order valence-corrected chi connectivity index (χ2v) is 7.54. The molecule has 1 aromatic heterocycles. The summed E-state index contributed by atoms with van der Waals surface area (Å²) >= 11 is 0. The zero-order valence-electron chi connectivity index (χ0n) is 14.5. The van der Waals surface area contributed by atoms with E-state index in [2.05, 4.69) is 60.4 Å². The monoisotopic (exact) mass is 292 g/mol. The molecular weight excluding hydrogens is 260 g/mol. The smallest absolute Gasteiger partial charge is 0.0596 e. The van der Waals surface area contributed by atoms with Gasteiger partial charge in [0.05, 0.1) is 12.2 Å². The van der Waals surface area contributed by atoms with Gasteiger partial charge in [-0.2, -0.15) is 5.10 Å². The maximum atomic E-state index is 4.54. The van der Waals surface area contributed by atoms with Crippen LogP contribution in [0.25, 0.3) is 0 Å². The number of likely N-dealkylation sites (tertiary alicyclic amines) is 1. The van der Waals surface area contributed by atoms with Crippen molar-refractivity contribution in [2.45, 2.75) is 47.1 Å². The fourth-order valence-electron chi connectivity index (χ4n) is 3.57. The third kappa shape index (κ3) is 5.11. The largest absolute Gasteiger partial charge is 0.304 e. The normalized spacial score (nSPS) is 17.0. The lowest BCUT2D eigenvalue weighted by Crippen LogP contribution is -2.41. The molecule has 0 radical (unpaired) electrons. The summed E-state index contributed by atoms with van der Waals surface area (Å²) < 4.78 is 2.12. The van der Waals surface area contributed by atoms with E-state index in [0.29, 0.717) is 5.41 Å². The lowest BCUT2D eigenvalue weighted by molar-refractivity contribution is 0.146. The third-order valence-corrected chi connectivity index (χ3v) is 4.35. The summed E-state index contributed by atoms with van der Waals surface area (Å²) in [6.07, 6.45) is 2.76. The van der Waals surface area contributed by atoms with Gasteiger partial charge in [0.1, 0.15) is 0 Å². The molecule has 0 saturated carbocycles. The van der Waals surface area contributed by atoms with Crippen molar-refractivity contribution in [2.75, 3.05) is 39.8 Å². The standard InChI is InChI=1S/C17H32N4/c1-15-12-16(2)21(18-15)11-10-19(5)13-17(3,4)14-20-8-6-7-9-20/h12H,6-11,13-14H2,1-5H3. The van der Waals surface area contributed by atoms with Crippen molar-refractivity contribution in [3.8, 4) is 0 Å². The summed E-state index contributed by atoms with van der Waals surface area (Å²) in [7, 11) is 2.23. The van der Waals surface area contributed by atoms with E-state index in [-0.39, 0.29) is 0 Å². The summed E-state index contributed by atoms with van der Waals surface area (Å²) in [5, 5.41) is 4.54. The molecule has 1 aromatic rings. The van der Waals surface area contributed by atoms with E-state index in [1.54, 1.807) is 0 Å². The molecule has 0 atom stereocenters. The zero-order valence-corrected chi connectivity index (χ0v) is 14.5. The molecule has 1 aliphatic rings. The number of nitrogens with zero attached hydrogens (tertiary/aromatic N) is 4. The molecule has 4 nitrogen and oxygen atoms in total. The Kier molecular flexibility index (Phi) is 5.44. The number of aromatic nitrogens is 2. The van der Waals surface area contributed by atoms with Gasteiger partial charge >= 0.3 is 0 Å². The van der Waals surface area contributed by atoms with Crippen LogP contribution in [0.3, 0.4) is 0 Å². The van der Waals surface area contributed by atoms with Crippen LogP contribution >= 0.6 is 0 Å². The Hall–Kier alpha value is -0.870. The van der Waals surface area contributed by atoms with Gasteiger partial charge in [0.25, 0.3) is 0 Å². The topological polar surface area (TPSA) is 24.3 Å². The second-order valence-electron chi connectivity index (χ2n) is 7.54. The van der Waals surface area contributed by atoms with Gasteiger partial charge in [0, 0.05) is 25.3 Å². The Labute approximate surface area is 130 Å². The van der Waals surface area contributed by atoms with Crippen molar-refractivity contribution in [3.63, 3.8) is 0 Å². The lowest BCUT2D eigenvalue weighted by atomic mass is 9.92. The van der Waals surface area contributed by atoms with Gasteiger partial charge in [-0.3, -0.25) is 4.68 Å². The molecule has 2 rings (SSSR count). The highest BCUT2D eigenvalue weighted by atomic mass is 15.3. The second kappa shape index (κ2) is 6.93. The first-order chi connectivity index (χ1) is 9.85. The van der Waals surface area contributed by atoms with Crippen LogP contribution in [-0.2, 0) is 6.54 Å². The van der Waals surface area contributed by atoms with Crippen LogP contribution in [0, 0.1) is 19.3 Å². The van der Waals surface area contributed by atoms with E-state index < -0.39 is 0 Å². The molecular formula is C17H32N4. The Balaban J connectivity index is 1.77. The van der Waals surface area contributed by atoms with E-state index >= 15 is 0 Å². The number of hydrogen-bond donors (Lipinski definition) is 0. The molecule has 1 aliphatic heterocycles. The van der Waals surface area contributed by atoms with Gasteiger partial charge in [-0.1, -0.05) is 13.8 Å².